The monoisotopic (exact) mass is 603 g/mol. The van der Waals surface area contributed by atoms with Gasteiger partial charge in [-0.3, -0.25) is 9.69 Å². The third-order valence-electron chi connectivity index (χ3n) is 6.76. The van der Waals surface area contributed by atoms with Crippen LogP contribution >= 0.6 is 0 Å². The van der Waals surface area contributed by atoms with Crippen molar-refractivity contribution in [2.75, 3.05) is 13.2 Å². The number of carbonyl (C=O) groups is 4. The molecule has 1 atom stereocenters. The number of benzene rings is 2. The van der Waals surface area contributed by atoms with Gasteiger partial charge >= 0.3 is 18.2 Å². The molecule has 1 N–H and O–H groups in total. The molecule has 44 heavy (non-hydrogen) atoms. The summed E-state index contributed by atoms with van der Waals surface area (Å²) in [5, 5.41) is 3.39. The molecule has 1 aliphatic rings. The molecule has 234 valence electrons. The van der Waals surface area contributed by atoms with E-state index in [9.17, 15) is 19.2 Å². The van der Waals surface area contributed by atoms with Crippen molar-refractivity contribution in [2.24, 2.45) is 0 Å². The second-order valence-electron chi connectivity index (χ2n) is 12.6. The number of likely N-dealkylation sites (tertiary alicyclic amines) is 1. The van der Waals surface area contributed by atoms with Crippen molar-refractivity contribution in [1.82, 2.24) is 14.8 Å². The molecule has 0 spiro atoms. The van der Waals surface area contributed by atoms with Crippen LogP contribution in [0, 0.1) is 0 Å². The van der Waals surface area contributed by atoms with Crippen molar-refractivity contribution in [3.63, 3.8) is 0 Å². The van der Waals surface area contributed by atoms with Crippen molar-refractivity contribution >= 4 is 41.0 Å². The van der Waals surface area contributed by atoms with Crippen molar-refractivity contribution in [1.29, 1.82) is 0 Å². The molecule has 2 heterocycles. The lowest BCUT2D eigenvalue weighted by Crippen LogP contribution is -2.48. The van der Waals surface area contributed by atoms with Crippen molar-refractivity contribution in [3.05, 3.63) is 65.9 Å². The van der Waals surface area contributed by atoms with Crippen molar-refractivity contribution < 1.29 is 33.4 Å². The van der Waals surface area contributed by atoms with Crippen molar-refractivity contribution in [3.8, 4) is 11.3 Å². The maximum absolute atomic E-state index is 13.7. The summed E-state index contributed by atoms with van der Waals surface area (Å²) in [4.78, 5) is 54.9. The summed E-state index contributed by atoms with van der Waals surface area (Å²) >= 11 is 0. The quantitative estimate of drug-likeness (QED) is 0.194. The summed E-state index contributed by atoms with van der Waals surface area (Å²) < 4.78 is 18.1. The molecule has 10 heteroatoms. The number of hydrogen-bond acceptors (Lipinski definition) is 7. The zero-order valence-corrected chi connectivity index (χ0v) is 26.4. The van der Waals surface area contributed by atoms with Gasteiger partial charge in [-0.15, -0.1) is 0 Å². The molecule has 0 radical (unpaired) electrons. The molecule has 1 fully saturated rings. The number of aromatic nitrogens is 1. The summed E-state index contributed by atoms with van der Waals surface area (Å²) in [5.74, 6) is -1.29. The van der Waals surface area contributed by atoms with E-state index in [4.69, 9.17) is 14.2 Å². The van der Waals surface area contributed by atoms with Crippen LogP contribution in [0.1, 0.15) is 66.9 Å². The molecule has 1 aromatic heterocycles. The summed E-state index contributed by atoms with van der Waals surface area (Å²) in [6, 6.07) is 15.7. The van der Waals surface area contributed by atoms with Crippen LogP contribution < -0.4 is 5.32 Å². The van der Waals surface area contributed by atoms with E-state index in [1.54, 1.807) is 54.5 Å². The predicted molar refractivity (Wildman–Crippen MR) is 168 cm³/mol. The summed E-state index contributed by atoms with van der Waals surface area (Å²) in [6.45, 7) is 12.7. The Morgan fingerprint density at radius 3 is 2.14 bits per heavy atom. The van der Waals surface area contributed by atoms with Crippen LogP contribution in [0.2, 0.25) is 0 Å². The van der Waals surface area contributed by atoms with E-state index >= 15 is 0 Å². The van der Waals surface area contributed by atoms with Gasteiger partial charge in [0.05, 0.1) is 17.8 Å². The number of carbonyl (C=O) groups excluding carboxylic acids is 4. The van der Waals surface area contributed by atoms with Crippen LogP contribution in [0.15, 0.2) is 60.3 Å². The van der Waals surface area contributed by atoms with Gasteiger partial charge in [-0.1, -0.05) is 48.5 Å². The summed E-state index contributed by atoms with van der Waals surface area (Å²) in [5.41, 5.74) is 0.627. The second kappa shape index (κ2) is 13.0. The number of nitrogens with one attached hydrogen (secondary N) is 1. The highest BCUT2D eigenvalue weighted by Gasteiger charge is 2.37. The van der Waals surface area contributed by atoms with Gasteiger partial charge in [0, 0.05) is 17.5 Å². The minimum atomic E-state index is -0.834. The third-order valence-corrected chi connectivity index (χ3v) is 6.76. The van der Waals surface area contributed by atoms with Gasteiger partial charge in [0.2, 0.25) is 5.91 Å². The van der Waals surface area contributed by atoms with E-state index in [0.717, 1.165) is 0 Å². The minimum absolute atomic E-state index is 0.0741. The van der Waals surface area contributed by atoms with Crippen LogP contribution in [0.3, 0.4) is 0 Å². The molecule has 3 aromatic rings. The average Bonchev–Trinajstić information content (AvgIpc) is 3.55. The van der Waals surface area contributed by atoms with Crippen LogP contribution in [0.5, 0.6) is 0 Å². The van der Waals surface area contributed by atoms with E-state index in [-0.39, 0.29) is 12.3 Å². The maximum atomic E-state index is 13.7. The fraction of sp³-hybridized carbons (Fsp3) is 0.412. The summed E-state index contributed by atoms with van der Waals surface area (Å²) in [7, 11) is 0. The first-order chi connectivity index (χ1) is 20.7. The molecule has 0 aliphatic carbocycles. The Morgan fingerprint density at radius 2 is 1.50 bits per heavy atom. The summed E-state index contributed by atoms with van der Waals surface area (Å²) in [6.07, 6.45) is 1.36. The molecule has 2 aromatic carbocycles. The van der Waals surface area contributed by atoms with Gasteiger partial charge in [0.15, 0.2) is 0 Å². The van der Waals surface area contributed by atoms with Gasteiger partial charge < -0.3 is 19.5 Å². The molecule has 1 aliphatic heterocycles. The Labute approximate surface area is 257 Å². The van der Waals surface area contributed by atoms with Gasteiger partial charge in [-0.05, 0) is 79.0 Å². The average molecular weight is 604 g/mol. The second-order valence-corrected chi connectivity index (χ2v) is 12.6. The molecule has 4 rings (SSSR count). The fourth-order valence-corrected chi connectivity index (χ4v) is 5.08. The molecule has 0 bridgehead atoms. The third kappa shape index (κ3) is 7.48. The SMILES string of the molecule is CCOC(=O)/C(=C/c1c(-c2ccccc2)n(C(=O)OC(C)(C)C)c2ccccc12)NC(=O)[C@@H]1CCCN1C(=O)OC(C)(C)C. The Kier molecular flexibility index (Phi) is 9.51. The number of hydrogen-bond donors (Lipinski definition) is 1. The lowest BCUT2D eigenvalue weighted by atomic mass is 10.0. The molecule has 0 unspecified atom stereocenters. The van der Waals surface area contributed by atoms with E-state index in [0.29, 0.717) is 47.1 Å². The Balaban J connectivity index is 1.85. The largest absolute Gasteiger partial charge is 0.461 e. The number of esters is 1. The molecule has 1 saturated heterocycles. The fourth-order valence-electron chi connectivity index (χ4n) is 5.08. The van der Waals surface area contributed by atoms with Gasteiger partial charge in [0.1, 0.15) is 22.9 Å². The van der Waals surface area contributed by atoms with Crippen LogP contribution in [-0.2, 0) is 23.8 Å². The normalized spacial score (nSPS) is 15.7. The molecular weight excluding hydrogens is 562 g/mol. The lowest BCUT2D eigenvalue weighted by molar-refractivity contribution is -0.140. The van der Waals surface area contributed by atoms with E-state index in [2.05, 4.69) is 5.32 Å². The highest BCUT2D eigenvalue weighted by Crippen LogP contribution is 2.36. The van der Waals surface area contributed by atoms with Gasteiger partial charge in [-0.25, -0.2) is 19.0 Å². The Hall–Kier alpha value is -4.60. The molecule has 10 nitrogen and oxygen atoms in total. The Morgan fingerprint density at radius 1 is 0.886 bits per heavy atom. The minimum Gasteiger partial charge on any atom is -0.461 e. The van der Waals surface area contributed by atoms with Crippen LogP contribution in [0.4, 0.5) is 9.59 Å². The highest BCUT2D eigenvalue weighted by atomic mass is 16.6. The van der Waals surface area contributed by atoms with Crippen LogP contribution in [-0.4, -0.2) is 63.9 Å². The smallest absolute Gasteiger partial charge is 0.419 e. The van der Waals surface area contributed by atoms with Gasteiger partial charge in [0.25, 0.3) is 0 Å². The first-order valence-electron chi connectivity index (χ1n) is 14.8. The zero-order chi connectivity index (χ0) is 32.2. The number of fused-ring (bicyclic) bond motifs is 1. The van der Waals surface area contributed by atoms with Gasteiger partial charge in [-0.2, -0.15) is 0 Å². The van der Waals surface area contributed by atoms with Crippen molar-refractivity contribution in [2.45, 2.75) is 78.6 Å². The standard InChI is InChI=1S/C34H41N3O7/c1-8-42-30(39)25(35-29(38)27-19-14-20-36(27)31(40)43-33(2,3)4)21-24-23-17-12-13-18-26(23)37(32(41)44-34(5,6)7)28(24)22-15-10-9-11-16-22/h9-13,15-18,21,27H,8,14,19-20H2,1-7H3,(H,35,38)/b25-21-/t27-/m0/s1. The predicted octanol–water partition coefficient (Wildman–Crippen LogP) is 6.51. The number of rotatable bonds is 6. The topological polar surface area (TPSA) is 116 Å². The first-order valence-corrected chi connectivity index (χ1v) is 14.8. The number of amides is 2. The Bertz CT molecular complexity index is 1580. The highest BCUT2D eigenvalue weighted by molar-refractivity contribution is 6.07. The lowest BCUT2D eigenvalue weighted by Gasteiger charge is -2.28. The first kappa shape index (κ1) is 32.3. The molecular formula is C34H41N3O7. The van der Waals surface area contributed by atoms with E-state index < -0.39 is 41.3 Å². The zero-order valence-electron chi connectivity index (χ0n) is 26.4. The number of para-hydroxylation sites is 1. The van der Waals surface area contributed by atoms with E-state index in [1.165, 1.54) is 15.5 Å². The van der Waals surface area contributed by atoms with E-state index in [1.807, 2.05) is 48.5 Å². The van der Waals surface area contributed by atoms with Crippen LogP contribution in [0.25, 0.3) is 28.2 Å². The number of ether oxygens (including phenoxy) is 3. The maximum Gasteiger partial charge on any atom is 0.419 e. The number of nitrogens with zero attached hydrogens (tertiary/aromatic N) is 2. The molecule has 2 amide bonds. The molecule has 0 saturated carbocycles.